The Kier molecular flexibility index (Phi) is 6.18. The van der Waals surface area contributed by atoms with Gasteiger partial charge in [-0.15, -0.1) is 0 Å². The van der Waals surface area contributed by atoms with Gasteiger partial charge in [0.25, 0.3) is 0 Å². The number of aromatic nitrogens is 1. The molecular weight excluding hydrogens is 400 g/mol. The summed E-state index contributed by atoms with van der Waals surface area (Å²) in [7, 11) is 0. The summed E-state index contributed by atoms with van der Waals surface area (Å²) in [6.07, 6.45) is 1.19. The number of carbonyl (C=O) groups excluding carboxylic acids is 1. The third-order valence-electron chi connectivity index (χ3n) is 5.35. The van der Waals surface area contributed by atoms with Crippen LogP contribution in [0.3, 0.4) is 0 Å². The molecule has 30 heavy (non-hydrogen) atoms. The SMILES string of the molecule is Cc1ccc(N)cc1-c1cc(Cl)nc(N2CCC(C)(NC(=O)OC(C)(C)C)CC2)c1. The Morgan fingerprint density at radius 1 is 1.23 bits per heavy atom. The number of nitrogens with zero attached hydrogens (tertiary/aromatic N) is 2. The summed E-state index contributed by atoms with van der Waals surface area (Å²) < 4.78 is 5.41. The van der Waals surface area contributed by atoms with Crippen LogP contribution in [0, 0.1) is 6.92 Å². The van der Waals surface area contributed by atoms with E-state index in [9.17, 15) is 4.79 Å². The van der Waals surface area contributed by atoms with Crippen LogP contribution >= 0.6 is 11.6 Å². The predicted octanol–water partition coefficient (Wildman–Crippen LogP) is 5.18. The predicted molar refractivity (Wildman–Crippen MR) is 123 cm³/mol. The van der Waals surface area contributed by atoms with Crippen molar-refractivity contribution in [2.45, 2.75) is 58.6 Å². The summed E-state index contributed by atoms with van der Waals surface area (Å²) in [5.41, 5.74) is 9.05. The minimum absolute atomic E-state index is 0.315. The lowest BCUT2D eigenvalue weighted by Gasteiger charge is -2.40. The van der Waals surface area contributed by atoms with Crippen molar-refractivity contribution in [1.82, 2.24) is 10.3 Å². The lowest BCUT2D eigenvalue weighted by Crippen LogP contribution is -2.54. The number of rotatable bonds is 3. The zero-order valence-corrected chi connectivity index (χ0v) is 19.1. The molecule has 3 N–H and O–H groups in total. The second kappa shape index (κ2) is 8.34. The van der Waals surface area contributed by atoms with E-state index in [-0.39, 0.29) is 11.6 Å². The van der Waals surface area contributed by atoms with Gasteiger partial charge < -0.3 is 20.7 Å². The molecule has 2 heterocycles. The molecule has 1 fully saturated rings. The van der Waals surface area contributed by atoms with Crippen molar-refractivity contribution in [3.8, 4) is 11.1 Å². The van der Waals surface area contributed by atoms with E-state index in [2.05, 4.69) is 35.1 Å². The number of ether oxygens (including phenoxy) is 1. The van der Waals surface area contributed by atoms with Crippen molar-refractivity contribution in [2.75, 3.05) is 23.7 Å². The van der Waals surface area contributed by atoms with Crippen molar-refractivity contribution in [3.05, 3.63) is 41.0 Å². The first-order valence-electron chi connectivity index (χ1n) is 10.2. The van der Waals surface area contributed by atoms with Crippen LogP contribution in [0.5, 0.6) is 0 Å². The van der Waals surface area contributed by atoms with Gasteiger partial charge in [-0.3, -0.25) is 0 Å². The molecule has 0 aliphatic carbocycles. The van der Waals surface area contributed by atoms with Gasteiger partial charge in [-0.25, -0.2) is 9.78 Å². The number of halogens is 1. The van der Waals surface area contributed by atoms with Crippen LogP contribution in [0.1, 0.15) is 46.1 Å². The minimum Gasteiger partial charge on any atom is -0.444 e. The van der Waals surface area contributed by atoms with E-state index in [4.69, 9.17) is 22.1 Å². The van der Waals surface area contributed by atoms with Crippen molar-refractivity contribution < 1.29 is 9.53 Å². The summed E-state index contributed by atoms with van der Waals surface area (Å²) in [5, 5.41) is 3.49. The van der Waals surface area contributed by atoms with E-state index in [1.165, 1.54) is 0 Å². The number of hydrogen-bond acceptors (Lipinski definition) is 5. The number of aryl methyl sites for hydroxylation is 1. The van der Waals surface area contributed by atoms with Crippen molar-refractivity contribution in [1.29, 1.82) is 0 Å². The van der Waals surface area contributed by atoms with Gasteiger partial charge in [0, 0.05) is 24.3 Å². The number of alkyl carbamates (subject to hydrolysis) is 1. The Bertz CT molecular complexity index is 931. The first kappa shape index (κ1) is 22.2. The molecule has 1 aliphatic heterocycles. The number of hydrogen-bond donors (Lipinski definition) is 2. The lowest BCUT2D eigenvalue weighted by atomic mass is 9.89. The molecule has 0 unspecified atom stereocenters. The van der Waals surface area contributed by atoms with Crippen LogP contribution < -0.4 is 16.0 Å². The Morgan fingerprint density at radius 2 is 1.90 bits per heavy atom. The second-order valence-corrected chi connectivity index (χ2v) is 9.67. The normalized spacial score (nSPS) is 16.3. The van der Waals surface area contributed by atoms with Crippen LogP contribution in [0.25, 0.3) is 11.1 Å². The molecule has 0 spiro atoms. The summed E-state index contributed by atoms with van der Waals surface area (Å²) >= 11 is 6.36. The quantitative estimate of drug-likeness (QED) is 0.518. The number of amides is 1. The van der Waals surface area contributed by atoms with Crippen molar-refractivity contribution >= 4 is 29.2 Å². The number of pyridine rings is 1. The van der Waals surface area contributed by atoms with Crippen molar-refractivity contribution in [2.24, 2.45) is 0 Å². The molecule has 3 rings (SSSR count). The molecule has 2 aromatic rings. The molecule has 0 saturated carbocycles. The smallest absolute Gasteiger partial charge is 0.408 e. The number of nitrogens with two attached hydrogens (primary N) is 1. The van der Waals surface area contributed by atoms with Gasteiger partial charge in [0.15, 0.2) is 0 Å². The van der Waals surface area contributed by atoms with E-state index < -0.39 is 5.60 Å². The first-order chi connectivity index (χ1) is 13.9. The third kappa shape index (κ3) is 5.57. The van der Waals surface area contributed by atoms with Crippen molar-refractivity contribution in [3.63, 3.8) is 0 Å². The maximum Gasteiger partial charge on any atom is 0.408 e. The Hall–Kier alpha value is -2.47. The monoisotopic (exact) mass is 430 g/mol. The van der Waals surface area contributed by atoms with Crippen LogP contribution in [-0.2, 0) is 4.74 Å². The van der Waals surface area contributed by atoms with Gasteiger partial charge in [-0.2, -0.15) is 0 Å². The molecular formula is C23H31ClN4O2. The zero-order chi connectivity index (χ0) is 22.1. The second-order valence-electron chi connectivity index (χ2n) is 9.29. The zero-order valence-electron chi connectivity index (χ0n) is 18.4. The van der Waals surface area contributed by atoms with E-state index in [0.717, 1.165) is 48.4 Å². The van der Waals surface area contributed by atoms with E-state index in [1.54, 1.807) is 0 Å². The highest BCUT2D eigenvalue weighted by Crippen LogP contribution is 2.32. The summed E-state index contributed by atoms with van der Waals surface area (Å²) in [6, 6.07) is 9.78. The van der Waals surface area contributed by atoms with Crippen LogP contribution in [0.4, 0.5) is 16.3 Å². The largest absolute Gasteiger partial charge is 0.444 e. The highest BCUT2D eigenvalue weighted by atomic mass is 35.5. The summed E-state index contributed by atoms with van der Waals surface area (Å²) in [4.78, 5) is 18.9. The van der Waals surface area contributed by atoms with Gasteiger partial charge in [-0.1, -0.05) is 17.7 Å². The molecule has 0 bridgehead atoms. The molecule has 0 radical (unpaired) electrons. The molecule has 1 amide bonds. The number of nitrogen functional groups attached to an aromatic ring is 1. The number of anilines is 2. The van der Waals surface area contributed by atoms with Gasteiger partial charge in [0.05, 0.1) is 0 Å². The maximum absolute atomic E-state index is 12.2. The molecule has 1 aromatic carbocycles. The molecule has 7 heteroatoms. The van der Waals surface area contributed by atoms with Gasteiger partial charge in [0.1, 0.15) is 16.6 Å². The lowest BCUT2D eigenvalue weighted by molar-refractivity contribution is 0.0448. The van der Waals surface area contributed by atoms with Gasteiger partial charge in [0.2, 0.25) is 0 Å². The van der Waals surface area contributed by atoms with Gasteiger partial charge in [-0.05, 0) is 88.4 Å². The van der Waals surface area contributed by atoms with Gasteiger partial charge >= 0.3 is 6.09 Å². The number of piperidine rings is 1. The molecule has 162 valence electrons. The maximum atomic E-state index is 12.2. The third-order valence-corrected chi connectivity index (χ3v) is 5.54. The molecule has 1 aromatic heterocycles. The molecule has 6 nitrogen and oxygen atoms in total. The summed E-state index contributed by atoms with van der Waals surface area (Å²) in [5.74, 6) is 0.832. The fourth-order valence-electron chi connectivity index (χ4n) is 3.66. The topological polar surface area (TPSA) is 80.5 Å². The molecule has 1 aliphatic rings. The number of carbonyl (C=O) groups is 1. The van der Waals surface area contributed by atoms with Crippen LogP contribution in [-0.4, -0.2) is 35.3 Å². The summed E-state index contributed by atoms with van der Waals surface area (Å²) in [6.45, 7) is 11.2. The minimum atomic E-state index is -0.513. The van der Waals surface area contributed by atoms with Crippen LogP contribution in [0.2, 0.25) is 5.15 Å². The van der Waals surface area contributed by atoms with E-state index in [0.29, 0.717) is 10.8 Å². The molecule has 0 atom stereocenters. The Labute approximate surface area is 183 Å². The Morgan fingerprint density at radius 3 is 2.53 bits per heavy atom. The first-order valence-corrected chi connectivity index (χ1v) is 10.6. The van der Waals surface area contributed by atoms with E-state index >= 15 is 0 Å². The number of benzene rings is 1. The standard InChI is InChI=1S/C23H31ClN4O2/c1-15-6-7-17(25)14-18(15)16-12-19(24)26-20(13-16)28-10-8-23(5,9-11-28)27-21(29)30-22(2,3)4/h6-7,12-14H,8-11,25H2,1-5H3,(H,27,29). The fourth-order valence-corrected chi connectivity index (χ4v) is 3.86. The highest BCUT2D eigenvalue weighted by molar-refractivity contribution is 6.29. The van der Waals surface area contributed by atoms with Crippen LogP contribution in [0.15, 0.2) is 30.3 Å². The Balaban J connectivity index is 1.74. The average molecular weight is 431 g/mol. The fraction of sp³-hybridized carbons (Fsp3) is 0.478. The molecule has 1 saturated heterocycles. The number of nitrogens with one attached hydrogen (secondary N) is 1. The van der Waals surface area contributed by atoms with E-state index in [1.807, 2.05) is 45.0 Å². The average Bonchev–Trinajstić information content (AvgIpc) is 2.61. The highest BCUT2D eigenvalue weighted by Gasteiger charge is 2.33.